The summed E-state index contributed by atoms with van der Waals surface area (Å²) < 4.78 is 0. The van der Waals surface area contributed by atoms with E-state index in [1.165, 1.54) is 0 Å². The van der Waals surface area contributed by atoms with Gasteiger partial charge in [-0.25, -0.2) is 0 Å². The first-order valence-corrected chi connectivity index (χ1v) is 7.05. The molecule has 0 aliphatic heterocycles. The van der Waals surface area contributed by atoms with Gasteiger partial charge >= 0.3 is 0 Å². The van der Waals surface area contributed by atoms with Crippen molar-refractivity contribution in [1.82, 2.24) is 10.2 Å². The highest BCUT2D eigenvalue weighted by molar-refractivity contribution is 5.43. The van der Waals surface area contributed by atoms with Crippen LogP contribution in [0.2, 0.25) is 0 Å². The lowest BCUT2D eigenvalue weighted by Gasteiger charge is -2.15. The predicted molar refractivity (Wildman–Crippen MR) is 82.0 cm³/mol. The lowest BCUT2D eigenvalue weighted by atomic mass is 10.0. The van der Waals surface area contributed by atoms with Crippen LogP contribution < -0.4 is 5.32 Å². The van der Waals surface area contributed by atoms with Gasteiger partial charge < -0.3 is 10.2 Å². The number of hydrogen-bond acceptors (Lipinski definition) is 4. The van der Waals surface area contributed by atoms with Crippen LogP contribution in [-0.4, -0.2) is 37.0 Å². The van der Waals surface area contributed by atoms with Gasteiger partial charge in [0.15, 0.2) is 0 Å². The fourth-order valence-electron chi connectivity index (χ4n) is 2.08. The Morgan fingerprint density at radius 2 is 2.05 bits per heavy atom. The van der Waals surface area contributed by atoms with Crippen LogP contribution in [0, 0.1) is 17.0 Å². The zero-order valence-corrected chi connectivity index (χ0v) is 12.8. The van der Waals surface area contributed by atoms with Crippen LogP contribution in [0.25, 0.3) is 0 Å². The second-order valence-corrected chi connectivity index (χ2v) is 5.49. The average Bonchev–Trinajstić information content (AvgIpc) is 2.37. The first-order valence-electron chi connectivity index (χ1n) is 7.05. The molecule has 0 saturated heterocycles. The van der Waals surface area contributed by atoms with Crippen LogP contribution in [0.4, 0.5) is 5.69 Å². The molecule has 1 atom stereocenters. The van der Waals surface area contributed by atoms with Crippen LogP contribution in [0.1, 0.15) is 36.9 Å². The van der Waals surface area contributed by atoms with Crippen LogP contribution >= 0.6 is 0 Å². The lowest BCUT2D eigenvalue weighted by molar-refractivity contribution is -0.385. The van der Waals surface area contributed by atoms with Gasteiger partial charge in [0.2, 0.25) is 0 Å². The molecule has 20 heavy (non-hydrogen) atoms. The van der Waals surface area contributed by atoms with E-state index in [1.807, 2.05) is 19.1 Å². The fraction of sp³-hybridized carbons (Fsp3) is 0.600. The number of nitrogens with one attached hydrogen (secondary N) is 1. The smallest absolute Gasteiger partial charge is 0.272 e. The van der Waals surface area contributed by atoms with Crippen molar-refractivity contribution in [2.24, 2.45) is 0 Å². The Morgan fingerprint density at radius 3 is 2.65 bits per heavy atom. The zero-order valence-electron chi connectivity index (χ0n) is 12.8. The van der Waals surface area contributed by atoms with Crippen molar-refractivity contribution in [1.29, 1.82) is 0 Å². The Balaban J connectivity index is 2.49. The molecule has 112 valence electrons. The minimum Gasteiger partial charge on any atom is -0.310 e. The molecule has 1 unspecified atom stereocenters. The van der Waals surface area contributed by atoms with Crippen LogP contribution in [0.5, 0.6) is 0 Å². The van der Waals surface area contributed by atoms with Gasteiger partial charge in [-0.15, -0.1) is 0 Å². The predicted octanol–water partition coefficient (Wildman–Crippen LogP) is 2.90. The normalized spacial score (nSPS) is 12.7. The third-order valence-corrected chi connectivity index (χ3v) is 3.41. The Morgan fingerprint density at radius 1 is 1.35 bits per heavy atom. The van der Waals surface area contributed by atoms with Crippen molar-refractivity contribution >= 4 is 5.69 Å². The maximum Gasteiger partial charge on any atom is 0.272 e. The summed E-state index contributed by atoms with van der Waals surface area (Å²) in [5.41, 5.74) is 1.87. The molecule has 5 heteroatoms. The molecule has 0 radical (unpaired) electrons. The third-order valence-electron chi connectivity index (χ3n) is 3.41. The number of nitrogens with zero attached hydrogens (tertiary/aromatic N) is 2. The molecule has 1 aromatic rings. The highest BCUT2D eigenvalue weighted by Crippen LogP contribution is 2.23. The standard InChI is InChI=1S/C15H25N3O2/c1-12-7-8-14(11-15(12)18(19)20)13(2)16-9-5-6-10-17(3)4/h7-8,11,13,16H,5-6,9-10H2,1-4H3. The van der Waals surface area contributed by atoms with Gasteiger partial charge in [0.05, 0.1) is 4.92 Å². The van der Waals surface area contributed by atoms with Gasteiger partial charge in [0.1, 0.15) is 0 Å². The van der Waals surface area contributed by atoms with Crippen LogP contribution in [0.15, 0.2) is 18.2 Å². The van der Waals surface area contributed by atoms with Gasteiger partial charge in [-0.05, 0) is 59.4 Å². The molecule has 0 aliphatic carbocycles. The van der Waals surface area contributed by atoms with Gasteiger partial charge in [-0.1, -0.05) is 12.1 Å². The number of hydrogen-bond donors (Lipinski definition) is 1. The summed E-state index contributed by atoms with van der Waals surface area (Å²) in [6, 6.07) is 5.58. The first-order chi connectivity index (χ1) is 9.41. The maximum absolute atomic E-state index is 10.9. The van der Waals surface area contributed by atoms with Crippen molar-refractivity contribution in [3.05, 3.63) is 39.4 Å². The fourth-order valence-corrected chi connectivity index (χ4v) is 2.08. The van der Waals surface area contributed by atoms with Gasteiger partial charge in [0.25, 0.3) is 5.69 Å². The Bertz CT molecular complexity index is 447. The molecule has 0 aromatic heterocycles. The molecule has 0 heterocycles. The number of benzene rings is 1. The summed E-state index contributed by atoms with van der Waals surface area (Å²) in [5.74, 6) is 0. The molecule has 0 bridgehead atoms. The molecule has 0 aliphatic rings. The maximum atomic E-state index is 10.9. The zero-order chi connectivity index (χ0) is 15.1. The summed E-state index contributed by atoms with van der Waals surface area (Å²) in [6.07, 6.45) is 2.26. The van der Waals surface area contributed by atoms with E-state index in [0.29, 0.717) is 5.56 Å². The summed E-state index contributed by atoms with van der Waals surface area (Å²) in [4.78, 5) is 12.8. The Hall–Kier alpha value is -1.46. The van der Waals surface area contributed by atoms with E-state index >= 15 is 0 Å². The monoisotopic (exact) mass is 279 g/mol. The van der Waals surface area contributed by atoms with Gasteiger partial charge in [-0.3, -0.25) is 10.1 Å². The molecule has 0 fully saturated rings. The SMILES string of the molecule is Cc1ccc(C(C)NCCCCN(C)C)cc1[N+](=O)[O-]. The minimum absolute atomic E-state index is 0.133. The number of rotatable bonds is 8. The molecule has 1 rings (SSSR count). The van der Waals surface area contributed by atoms with E-state index < -0.39 is 0 Å². The molecular weight excluding hydrogens is 254 g/mol. The van der Waals surface area contributed by atoms with E-state index in [0.717, 1.165) is 31.5 Å². The first kappa shape index (κ1) is 16.6. The molecule has 0 amide bonds. The highest BCUT2D eigenvalue weighted by atomic mass is 16.6. The van der Waals surface area contributed by atoms with Crippen molar-refractivity contribution < 1.29 is 4.92 Å². The lowest BCUT2D eigenvalue weighted by Crippen LogP contribution is -2.21. The number of unbranched alkanes of at least 4 members (excludes halogenated alkanes) is 1. The number of nitro benzene ring substituents is 1. The van der Waals surface area contributed by atoms with Crippen molar-refractivity contribution in [2.75, 3.05) is 27.2 Å². The molecule has 5 nitrogen and oxygen atoms in total. The van der Waals surface area contributed by atoms with Gasteiger partial charge in [-0.2, -0.15) is 0 Å². The van der Waals surface area contributed by atoms with E-state index in [9.17, 15) is 10.1 Å². The van der Waals surface area contributed by atoms with E-state index in [4.69, 9.17) is 0 Å². The van der Waals surface area contributed by atoms with Crippen LogP contribution in [0.3, 0.4) is 0 Å². The number of aryl methyl sites for hydroxylation is 1. The summed E-state index contributed by atoms with van der Waals surface area (Å²) >= 11 is 0. The average molecular weight is 279 g/mol. The highest BCUT2D eigenvalue weighted by Gasteiger charge is 2.13. The van der Waals surface area contributed by atoms with E-state index in [2.05, 4.69) is 24.3 Å². The number of nitro groups is 1. The van der Waals surface area contributed by atoms with Gasteiger partial charge in [0, 0.05) is 17.7 Å². The molecule has 1 N–H and O–H groups in total. The van der Waals surface area contributed by atoms with Crippen LogP contribution in [-0.2, 0) is 0 Å². The molecule has 1 aromatic carbocycles. The van der Waals surface area contributed by atoms with Crippen molar-refractivity contribution in [3.63, 3.8) is 0 Å². The second-order valence-electron chi connectivity index (χ2n) is 5.49. The summed E-state index contributed by atoms with van der Waals surface area (Å²) in [5, 5.41) is 14.4. The van der Waals surface area contributed by atoms with Crippen molar-refractivity contribution in [2.45, 2.75) is 32.7 Å². The topological polar surface area (TPSA) is 58.4 Å². The summed E-state index contributed by atoms with van der Waals surface area (Å²) in [7, 11) is 4.14. The van der Waals surface area contributed by atoms with Crippen molar-refractivity contribution in [3.8, 4) is 0 Å². The Labute approximate surface area is 121 Å². The third kappa shape index (κ3) is 5.27. The minimum atomic E-state index is -0.317. The summed E-state index contributed by atoms with van der Waals surface area (Å²) in [6.45, 7) is 5.82. The Kier molecular flexibility index (Phi) is 6.61. The molecular formula is C15H25N3O2. The molecule has 0 spiro atoms. The van der Waals surface area contributed by atoms with E-state index in [-0.39, 0.29) is 16.7 Å². The second kappa shape index (κ2) is 7.97. The van der Waals surface area contributed by atoms with E-state index in [1.54, 1.807) is 13.0 Å². The molecule has 0 saturated carbocycles. The quantitative estimate of drug-likeness (QED) is 0.451. The largest absolute Gasteiger partial charge is 0.310 e.